The zero-order valence-electron chi connectivity index (χ0n) is 22.5. The fraction of sp³-hybridized carbons (Fsp3) is 0.654. The number of carbonyl (C=O) groups is 1. The molecule has 6 nitrogen and oxygen atoms in total. The summed E-state index contributed by atoms with van der Waals surface area (Å²) < 4.78 is 30.0. The van der Waals surface area contributed by atoms with Gasteiger partial charge in [0.2, 0.25) is 14.2 Å². The van der Waals surface area contributed by atoms with Gasteiger partial charge >= 0.3 is 7.60 Å². The van der Waals surface area contributed by atoms with Crippen LogP contribution in [0.1, 0.15) is 72.8 Å². The molecule has 0 aliphatic carbocycles. The van der Waals surface area contributed by atoms with E-state index in [2.05, 4.69) is 46.1 Å². The molecule has 0 unspecified atom stereocenters. The van der Waals surface area contributed by atoms with Crippen molar-refractivity contribution in [3.63, 3.8) is 0 Å². The zero-order chi connectivity index (χ0) is 25.8. The number of rotatable bonds is 15. The van der Waals surface area contributed by atoms with Crippen molar-refractivity contribution < 1.29 is 22.8 Å². The van der Waals surface area contributed by atoms with Gasteiger partial charge in [0.1, 0.15) is 5.75 Å². The minimum atomic E-state index is -3.34. The molecule has 34 heavy (non-hydrogen) atoms. The summed E-state index contributed by atoms with van der Waals surface area (Å²) in [5.41, 5.74) is 1.05. The third-order valence-corrected chi connectivity index (χ3v) is 12.2. The second-order valence-electron chi connectivity index (χ2n) is 10.1. The molecule has 0 saturated heterocycles. The van der Waals surface area contributed by atoms with E-state index in [-0.39, 0.29) is 30.2 Å². The van der Waals surface area contributed by atoms with E-state index < -0.39 is 15.9 Å². The van der Waals surface area contributed by atoms with Gasteiger partial charge in [-0.05, 0) is 62.5 Å². The maximum absolute atomic E-state index is 12.9. The Balaban J connectivity index is 3.00. The van der Waals surface area contributed by atoms with Crippen LogP contribution in [0.15, 0.2) is 36.2 Å². The molecule has 1 aromatic rings. The predicted octanol–water partition coefficient (Wildman–Crippen LogP) is 7.46. The van der Waals surface area contributed by atoms with E-state index in [4.69, 9.17) is 13.5 Å². The van der Waals surface area contributed by atoms with E-state index >= 15 is 0 Å². The standard InChI is InChI=1S/C26H46NO5PSi/c1-9-12-13-14-25(28)27-23(19-20-33(29,30-10-2)31-11-3)21-22-15-17-24(18-16-22)32-34(7,8)26(4,5)6/h15-20,23H,9-14,21H2,1-8H3,(H,27,28)/b20-19+/t23-/m0/s1. The lowest BCUT2D eigenvalue weighted by atomic mass is 10.1. The van der Waals surface area contributed by atoms with Crippen molar-refractivity contribution in [3.8, 4) is 5.75 Å². The monoisotopic (exact) mass is 511 g/mol. The Kier molecular flexibility index (Phi) is 12.8. The van der Waals surface area contributed by atoms with Crippen LogP contribution in [0, 0.1) is 0 Å². The van der Waals surface area contributed by atoms with Crippen molar-refractivity contribution in [1.82, 2.24) is 5.32 Å². The molecule has 0 spiro atoms. The van der Waals surface area contributed by atoms with E-state index in [1.165, 1.54) is 5.82 Å². The van der Waals surface area contributed by atoms with Crippen LogP contribution in [0.5, 0.6) is 5.75 Å². The summed E-state index contributed by atoms with van der Waals surface area (Å²) in [5, 5.41) is 3.20. The van der Waals surface area contributed by atoms with Crippen molar-refractivity contribution in [3.05, 3.63) is 41.7 Å². The normalized spacial score (nSPS) is 13.8. The van der Waals surface area contributed by atoms with Crippen LogP contribution < -0.4 is 9.74 Å². The predicted molar refractivity (Wildman–Crippen MR) is 144 cm³/mol. The fourth-order valence-electron chi connectivity index (χ4n) is 3.07. The molecule has 0 heterocycles. The summed E-state index contributed by atoms with van der Waals surface area (Å²) in [6.45, 7) is 17.3. The van der Waals surface area contributed by atoms with Crippen LogP contribution in [0.4, 0.5) is 0 Å². The molecule has 0 fully saturated rings. The maximum atomic E-state index is 12.9. The molecule has 8 heteroatoms. The molecule has 1 rings (SSSR count). The first-order valence-electron chi connectivity index (χ1n) is 12.5. The van der Waals surface area contributed by atoms with Gasteiger partial charge in [0.25, 0.3) is 0 Å². The van der Waals surface area contributed by atoms with Gasteiger partial charge in [0.15, 0.2) is 0 Å². The van der Waals surface area contributed by atoms with Crippen LogP contribution in [0.3, 0.4) is 0 Å². The minimum absolute atomic E-state index is 0.0105. The summed E-state index contributed by atoms with van der Waals surface area (Å²) in [5.74, 6) is 2.33. The highest BCUT2D eigenvalue weighted by atomic mass is 31.2. The molecule has 1 N–H and O–H groups in total. The summed E-state index contributed by atoms with van der Waals surface area (Å²) in [4.78, 5) is 12.5. The molecule has 0 aromatic heterocycles. The molecule has 1 aromatic carbocycles. The topological polar surface area (TPSA) is 73.9 Å². The SMILES string of the molecule is CCCCCC(=O)N[C@@H](/C=C/P(=O)(OCC)OCC)Cc1ccc(O[Si](C)(C)C(C)(C)C)cc1. The Morgan fingerprint density at radius 2 is 1.65 bits per heavy atom. The first-order valence-corrected chi connectivity index (χ1v) is 17.0. The van der Waals surface area contributed by atoms with Crippen LogP contribution in [0.2, 0.25) is 18.1 Å². The number of unbranched alkanes of at least 4 members (excludes halogenated alkanes) is 2. The van der Waals surface area contributed by atoms with E-state index in [0.717, 1.165) is 30.6 Å². The highest BCUT2D eigenvalue weighted by Gasteiger charge is 2.38. The summed E-state index contributed by atoms with van der Waals surface area (Å²) in [6.07, 6.45) is 5.72. The van der Waals surface area contributed by atoms with E-state index in [9.17, 15) is 9.36 Å². The second kappa shape index (κ2) is 14.2. The Morgan fingerprint density at radius 3 is 2.15 bits per heavy atom. The number of benzene rings is 1. The largest absolute Gasteiger partial charge is 0.544 e. The molecule has 0 radical (unpaired) electrons. The highest BCUT2D eigenvalue weighted by molar-refractivity contribution is 7.57. The van der Waals surface area contributed by atoms with Crippen molar-refractivity contribution in [2.45, 2.75) is 97.8 Å². The fourth-order valence-corrected chi connectivity index (χ4v) is 5.49. The Morgan fingerprint density at radius 1 is 1.06 bits per heavy atom. The lowest BCUT2D eigenvalue weighted by Crippen LogP contribution is -2.43. The Bertz CT molecular complexity index is 807. The average molecular weight is 512 g/mol. The molecule has 1 amide bonds. The van der Waals surface area contributed by atoms with Crippen molar-refractivity contribution >= 4 is 21.8 Å². The third-order valence-electron chi connectivity index (χ3n) is 6.03. The first kappa shape index (κ1) is 30.6. The molecular formula is C26H46NO5PSi. The van der Waals surface area contributed by atoms with Crippen molar-refractivity contribution in [2.24, 2.45) is 0 Å². The third kappa shape index (κ3) is 10.9. The Hall–Kier alpha value is -1.40. The van der Waals surface area contributed by atoms with Crippen LogP contribution >= 0.6 is 7.60 Å². The number of amides is 1. The number of hydrogen-bond acceptors (Lipinski definition) is 5. The van der Waals surface area contributed by atoms with Gasteiger partial charge in [-0.2, -0.15) is 0 Å². The van der Waals surface area contributed by atoms with Gasteiger partial charge in [-0.25, -0.2) is 0 Å². The highest BCUT2D eigenvalue weighted by Crippen LogP contribution is 2.49. The minimum Gasteiger partial charge on any atom is -0.544 e. The average Bonchev–Trinajstić information content (AvgIpc) is 2.73. The van der Waals surface area contributed by atoms with Crippen molar-refractivity contribution in [2.75, 3.05) is 13.2 Å². The number of nitrogens with one attached hydrogen (secondary N) is 1. The molecular weight excluding hydrogens is 465 g/mol. The van der Waals surface area contributed by atoms with E-state index in [0.29, 0.717) is 12.8 Å². The molecule has 0 bridgehead atoms. The van der Waals surface area contributed by atoms with Gasteiger partial charge < -0.3 is 18.8 Å². The molecule has 0 aliphatic heterocycles. The molecule has 194 valence electrons. The number of carbonyl (C=O) groups excluding carboxylic acids is 1. The summed E-state index contributed by atoms with van der Waals surface area (Å²) >= 11 is 0. The van der Waals surface area contributed by atoms with Gasteiger partial charge in [0.05, 0.1) is 19.3 Å². The zero-order valence-corrected chi connectivity index (χ0v) is 24.4. The second-order valence-corrected chi connectivity index (χ2v) is 16.7. The smallest absolute Gasteiger partial charge is 0.353 e. The van der Waals surface area contributed by atoms with Crippen LogP contribution in [-0.4, -0.2) is 33.5 Å². The summed E-state index contributed by atoms with van der Waals surface area (Å²) in [7, 11) is -5.25. The molecule has 1 atom stereocenters. The quantitative estimate of drug-likeness (QED) is 0.150. The summed E-state index contributed by atoms with van der Waals surface area (Å²) in [6, 6.07) is 7.71. The van der Waals surface area contributed by atoms with Crippen molar-refractivity contribution in [1.29, 1.82) is 0 Å². The van der Waals surface area contributed by atoms with Crippen LogP contribution in [0.25, 0.3) is 0 Å². The maximum Gasteiger partial charge on any atom is 0.353 e. The van der Waals surface area contributed by atoms with Crippen LogP contribution in [-0.2, 0) is 24.8 Å². The first-order chi connectivity index (χ1) is 15.9. The lowest BCUT2D eigenvalue weighted by Gasteiger charge is -2.36. The van der Waals surface area contributed by atoms with E-state index in [1.54, 1.807) is 19.9 Å². The molecule has 0 saturated carbocycles. The Labute approximate surface area is 208 Å². The van der Waals surface area contributed by atoms with Gasteiger partial charge in [-0.15, -0.1) is 0 Å². The lowest BCUT2D eigenvalue weighted by molar-refractivity contribution is -0.121. The van der Waals surface area contributed by atoms with E-state index in [1.807, 2.05) is 24.3 Å². The number of hydrogen-bond donors (Lipinski definition) is 1. The molecule has 0 aliphatic rings. The van der Waals surface area contributed by atoms with Gasteiger partial charge in [-0.3, -0.25) is 9.36 Å². The van der Waals surface area contributed by atoms with Gasteiger partial charge in [0, 0.05) is 12.2 Å². The van der Waals surface area contributed by atoms with Gasteiger partial charge in [-0.1, -0.05) is 58.7 Å².